The second-order valence-electron chi connectivity index (χ2n) is 4.56. The zero-order valence-corrected chi connectivity index (χ0v) is 11.4. The predicted molar refractivity (Wildman–Crippen MR) is 79.4 cm³/mol. The van der Waals surface area contributed by atoms with Gasteiger partial charge in [0.25, 0.3) is 0 Å². The number of pyridine rings is 1. The average Bonchev–Trinajstić information content (AvgIpc) is 2.48. The van der Waals surface area contributed by atoms with E-state index in [-0.39, 0.29) is 10.9 Å². The van der Waals surface area contributed by atoms with Gasteiger partial charge in [0.2, 0.25) is 5.43 Å². The lowest BCUT2D eigenvalue weighted by Crippen LogP contribution is -2.16. The minimum atomic E-state index is -0.524. The number of ketones is 1. The third-order valence-electron chi connectivity index (χ3n) is 3.19. The van der Waals surface area contributed by atoms with E-state index in [1.54, 1.807) is 24.3 Å². The Balaban J connectivity index is 2.16. The van der Waals surface area contributed by atoms with Crippen LogP contribution in [-0.2, 0) is 0 Å². The first-order chi connectivity index (χ1) is 10.1. The number of aromatic nitrogens is 1. The van der Waals surface area contributed by atoms with Crippen LogP contribution in [0.2, 0.25) is 5.02 Å². The van der Waals surface area contributed by atoms with Crippen LogP contribution in [0.15, 0.2) is 53.5 Å². The number of fused-ring (bicyclic) bond motifs is 1. The topological polar surface area (TPSA) is 49.9 Å². The lowest BCUT2D eigenvalue weighted by molar-refractivity contribution is 0.103. The standard InChI is InChI=1S/C16H9ClFNO2/c17-10-3-1-9(2-4-10)15(20)13-8-19-14-6-5-11(18)7-12(14)16(13)21/h1-8H,(H,19,21). The van der Waals surface area contributed by atoms with Crippen molar-refractivity contribution in [3.05, 3.63) is 80.9 Å². The first-order valence-corrected chi connectivity index (χ1v) is 6.55. The number of rotatable bonds is 2. The number of carbonyl (C=O) groups excluding carboxylic acids is 1. The van der Waals surface area contributed by atoms with Crippen LogP contribution in [0.3, 0.4) is 0 Å². The van der Waals surface area contributed by atoms with Crippen molar-refractivity contribution in [3.8, 4) is 0 Å². The number of H-pyrrole nitrogens is 1. The SMILES string of the molecule is O=C(c1ccc(Cl)cc1)c1c[nH]c2ccc(F)cc2c1=O. The Morgan fingerprint density at radius 3 is 2.52 bits per heavy atom. The third kappa shape index (κ3) is 2.45. The van der Waals surface area contributed by atoms with E-state index < -0.39 is 17.0 Å². The average molecular weight is 302 g/mol. The van der Waals surface area contributed by atoms with Gasteiger partial charge in [0, 0.05) is 27.7 Å². The Morgan fingerprint density at radius 1 is 1.10 bits per heavy atom. The summed E-state index contributed by atoms with van der Waals surface area (Å²) >= 11 is 5.77. The molecule has 0 spiro atoms. The molecule has 21 heavy (non-hydrogen) atoms. The second kappa shape index (κ2) is 5.14. The maximum atomic E-state index is 13.3. The van der Waals surface area contributed by atoms with E-state index in [4.69, 9.17) is 11.6 Å². The monoisotopic (exact) mass is 301 g/mol. The van der Waals surface area contributed by atoms with Gasteiger partial charge in [-0.2, -0.15) is 0 Å². The first kappa shape index (κ1) is 13.5. The largest absolute Gasteiger partial charge is 0.360 e. The zero-order chi connectivity index (χ0) is 15.0. The van der Waals surface area contributed by atoms with Crippen LogP contribution < -0.4 is 5.43 Å². The molecule has 0 saturated carbocycles. The molecule has 1 N–H and O–H groups in total. The maximum absolute atomic E-state index is 13.3. The van der Waals surface area contributed by atoms with E-state index in [2.05, 4.69) is 4.98 Å². The van der Waals surface area contributed by atoms with Gasteiger partial charge in [0.05, 0.1) is 5.56 Å². The number of halogens is 2. The normalized spacial score (nSPS) is 10.8. The molecule has 0 aliphatic rings. The Kier molecular flexibility index (Phi) is 3.31. The van der Waals surface area contributed by atoms with Crippen LogP contribution >= 0.6 is 11.6 Å². The molecular weight excluding hydrogens is 293 g/mol. The molecule has 104 valence electrons. The van der Waals surface area contributed by atoms with Crippen LogP contribution in [0.1, 0.15) is 15.9 Å². The Labute approximate surface area is 124 Å². The quantitative estimate of drug-likeness (QED) is 0.736. The lowest BCUT2D eigenvalue weighted by atomic mass is 10.0. The van der Waals surface area contributed by atoms with Gasteiger partial charge in [0.15, 0.2) is 5.78 Å². The van der Waals surface area contributed by atoms with Crippen molar-refractivity contribution in [2.24, 2.45) is 0 Å². The summed E-state index contributed by atoms with van der Waals surface area (Å²) in [4.78, 5) is 27.5. The van der Waals surface area contributed by atoms with E-state index in [9.17, 15) is 14.0 Å². The van der Waals surface area contributed by atoms with Crippen molar-refractivity contribution in [3.63, 3.8) is 0 Å². The highest BCUT2D eigenvalue weighted by Gasteiger charge is 2.15. The fourth-order valence-electron chi connectivity index (χ4n) is 2.12. The predicted octanol–water partition coefficient (Wildman–Crippen LogP) is 3.55. The van der Waals surface area contributed by atoms with E-state index in [1.165, 1.54) is 18.3 Å². The van der Waals surface area contributed by atoms with Gasteiger partial charge in [-0.15, -0.1) is 0 Å². The highest BCUT2D eigenvalue weighted by molar-refractivity contribution is 6.30. The second-order valence-corrected chi connectivity index (χ2v) is 4.99. The van der Waals surface area contributed by atoms with E-state index in [0.717, 1.165) is 6.07 Å². The molecule has 5 heteroatoms. The lowest BCUT2D eigenvalue weighted by Gasteiger charge is -2.03. The summed E-state index contributed by atoms with van der Waals surface area (Å²) in [5.41, 5.74) is 0.299. The third-order valence-corrected chi connectivity index (χ3v) is 3.45. The molecule has 1 aromatic heterocycles. The summed E-state index contributed by atoms with van der Waals surface area (Å²) < 4.78 is 13.3. The van der Waals surface area contributed by atoms with Gasteiger partial charge < -0.3 is 4.98 Å². The minimum absolute atomic E-state index is 0.0320. The Morgan fingerprint density at radius 2 is 1.81 bits per heavy atom. The van der Waals surface area contributed by atoms with Gasteiger partial charge >= 0.3 is 0 Å². The van der Waals surface area contributed by atoms with Crippen LogP contribution in [0.25, 0.3) is 10.9 Å². The van der Waals surface area contributed by atoms with Crippen LogP contribution in [0.5, 0.6) is 0 Å². The summed E-state index contributed by atoms with van der Waals surface area (Å²) in [5.74, 6) is -0.955. The maximum Gasteiger partial charge on any atom is 0.200 e. The number of benzene rings is 2. The van der Waals surface area contributed by atoms with Crippen LogP contribution in [0.4, 0.5) is 4.39 Å². The van der Waals surface area contributed by atoms with E-state index >= 15 is 0 Å². The minimum Gasteiger partial charge on any atom is -0.360 e. The van der Waals surface area contributed by atoms with Crippen LogP contribution in [-0.4, -0.2) is 10.8 Å². The number of aromatic amines is 1. The van der Waals surface area contributed by atoms with Crippen molar-refractivity contribution in [2.75, 3.05) is 0 Å². The Bertz CT molecular complexity index is 900. The van der Waals surface area contributed by atoms with Gasteiger partial charge in [0.1, 0.15) is 5.82 Å². The molecule has 3 aromatic rings. The highest BCUT2D eigenvalue weighted by atomic mass is 35.5. The van der Waals surface area contributed by atoms with Gasteiger partial charge in [-0.3, -0.25) is 9.59 Å². The summed E-state index contributed by atoms with van der Waals surface area (Å²) in [6.07, 6.45) is 1.35. The number of hydrogen-bond donors (Lipinski definition) is 1. The summed E-state index contributed by atoms with van der Waals surface area (Å²) in [6, 6.07) is 10.1. The molecule has 0 saturated heterocycles. The van der Waals surface area contributed by atoms with Crippen molar-refractivity contribution >= 4 is 28.3 Å². The van der Waals surface area contributed by atoms with Crippen molar-refractivity contribution in [1.82, 2.24) is 4.98 Å². The molecule has 0 fully saturated rings. The molecule has 0 aliphatic heterocycles. The van der Waals surface area contributed by atoms with Gasteiger partial charge in [-0.25, -0.2) is 4.39 Å². The van der Waals surface area contributed by atoms with Crippen molar-refractivity contribution in [2.45, 2.75) is 0 Å². The molecule has 1 heterocycles. The summed E-state index contributed by atoms with van der Waals surface area (Å²) in [7, 11) is 0. The Hall–Kier alpha value is -2.46. The molecule has 3 rings (SSSR count). The first-order valence-electron chi connectivity index (χ1n) is 6.17. The molecule has 0 amide bonds. The molecule has 0 atom stereocenters. The number of nitrogens with one attached hydrogen (secondary N) is 1. The van der Waals surface area contributed by atoms with Crippen molar-refractivity contribution < 1.29 is 9.18 Å². The molecule has 0 bridgehead atoms. The fourth-order valence-corrected chi connectivity index (χ4v) is 2.24. The smallest absolute Gasteiger partial charge is 0.200 e. The molecule has 3 nitrogen and oxygen atoms in total. The van der Waals surface area contributed by atoms with Gasteiger partial charge in [-0.1, -0.05) is 11.6 Å². The molecule has 0 radical (unpaired) electrons. The fraction of sp³-hybridized carbons (Fsp3) is 0. The number of carbonyl (C=O) groups is 1. The van der Waals surface area contributed by atoms with E-state index in [1.807, 2.05) is 0 Å². The molecule has 2 aromatic carbocycles. The zero-order valence-electron chi connectivity index (χ0n) is 10.7. The molecule has 0 unspecified atom stereocenters. The number of hydrogen-bond acceptors (Lipinski definition) is 2. The highest BCUT2D eigenvalue weighted by Crippen LogP contribution is 2.14. The molecule has 0 aliphatic carbocycles. The summed E-state index contributed by atoms with van der Waals surface area (Å²) in [5, 5.41) is 0.649. The molecular formula is C16H9ClFNO2. The summed E-state index contributed by atoms with van der Waals surface area (Å²) in [6.45, 7) is 0. The van der Waals surface area contributed by atoms with E-state index in [0.29, 0.717) is 16.1 Å². The van der Waals surface area contributed by atoms with Crippen molar-refractivity contribution in [1.29, 1.82) is 0 Å². The van der Waals surface area contributed by atoms with Crippen LogP contribution in [0, 0.1) is 5.82 Å². The van der Waals surface area contributed by atoms with Gasteiger partial charge in [-0.05, 0) is 42.5 Å².